The zero-order chi connectivity index (χ0) is 14.8. The lowest BCUT2D eigenvalue weighted by Crippen LogP contribution is -2.23. The fourth-order valence-electron chi connectivity index (χ4n) is 2.30. The zero-order valence-electron chi connectivity index (χ0n) is 11.6. The van der Waals surface area contributed by atoms with Gasteiger partial charge < -0.3 is 9.64 Å². The molecular formula is C16H15BrN2O2. The molecule has 1 fully saturated rings. The molecule has 0 spiro atoms. The number of hydrogen-bond donors (Lipinski definition) is 0. The van der Waals surface area contributed by atoms with Crippen molar-refractivity contribution in [3.63, 3.8) is 0 Å². The van der Waals surface area contributed by atoms with Crippen molar-refractivity contribution in [1.82, 2.24) is 0 Å². The van der Waals surface area contributed by atoms with Crippen molar-refractivity contribution in [2.45, 2.75) is 0 Å². The van der Waals surface area contributed by atoms with Crippen LogP contribution in [0.2, 0.25) is 0 Å². The third kappa shape index (κ3) is 2.88. The summed E-state index contributed by atoms with van der Waals surface area (Å²) in [6.07, 6.45) is -0.274. The fraction of sp³-hybridized carbons (Fsp3) is 0.188. The quantitative estimate of drug-likeness (QED) is 0.835. The normalized spacial score (nSPS) is 14.2. The van der Waals surface area contributed by atoms with Crippen LogP contribution in [0.25, 0.3) is 0 Å². The van der Waals surface area contributed by atoms with E-state index in [9.17, 15) is 4.79 Å². The average molecular weight is 347 g/mol. The molecule has 1 heterocycles. The number of amides is 1. The zero-order valence-corrected chi connectivity index (χ0v) is 13.2. The third-order valence-electron chi connectivity index (χ3n) is 3.52. The molecule has 4 nitrogen and oxygen atoms in total. The van der Waals surface area contributed by atoms with Crippen LogP contribution in [-0.2, 0) is 4.74 Å². The highest BCUT2D eigenvalue weighted by Gasteiger charge is 2.23. The summed E-state index contributed by atoms with van der Waals surface area (Å²) in [6, 6.07) is 16.0. The number of benzene rings is 2. The molecule has 1 amide bonds. The van der Waals surface area contributed by atoms with Crippen LogP contribution in [0.15, 0.2) is 53.0 Å². The van der Waals surface area contributed by atoms with Gasteiger partial charge in [0.1, 0.15) is 6.61 Å². The van der Waals surface area contributed by atoms with E-state index in [1.807, 2.05) is 43.4 Å². The van der Waals surface area contributed by atoms with Crippen molar-refractivity contribution in [3.05, 3.63) is 53.0 Å². The van der Waals surface area contributed by atoms with Gasteiger partial charge in [-0.1, -0.05) is 15.9 Å². The maximum Gasteiger partial charge on any atom is 0.414 e. The Kier molecular flexibility index (Phi) is 3.84. The highest BCUT2D eigenvalue weighted by atomic mass is 79.9. The van der Waals surface area contributed by atoms with Crippen LogP contribution in [0.1, 0.15) is 0 Å². The van der Waals surface area contributed by atoms with Crippen molar-refractivity contribution in [2.24, 2.45) is 0 Å². The fourth-order valence-corrected chi connectivity index (χ4v) is 2.56. The van der Waals surface area contributed by atoms with Crippen LogP contribution >= 0.6 is 15.9 Å². The molecule has 0 N–H and O–H groups in total. The molecule has 3 rings (SSSR count). The van der Waals surface area contributed by atoms with E-state index in [-0.39, 0.29) is 6.09 Å². The second-order valence-electron chi connectivity index (χ2n) is 4.82. The predicted octanol–water partition coefficient (Wildman–Crippen LogP) is 4.17. The molecule has 0 unspecified atom stereocenters. The van der Waals surface area contributed by atoms with Crippen molar-refractivity contribution in [3.8, 4) is 0 Å². The summed E-state index contributed by atoms with van der Waals surface area (Å²) in [4.78, 5) is 15.3. The largest absolute Gasteiger partial charge is 0.447 e. The molecule has 1 aliphatic heterocycles. The van der Waals surface area contributed by atoms with Crippen LogP contribution in [0.4, 0.5) is 21.9 Å². The van der Waals surface area contributed by atoms with Gasteiger partial charge in [-0.25, -0.2) is 4.79 Å². The first kappa shape index (κ1) is 13.9. The first-order valence-corrected chi connectivity index (χ1v) is 7.48. The minimum absolute atomic E-state index is 0.274. The molecule has 2 aromatic rings. The van der Waals surface area contributed by atoms with Gasteiger partial charge in [-0.05, 0) is 48.5 Å². The second-order valence-corrected chi connectivity index (χ2v) is 5.73. The van der Waals surface area contributed by atoms with E-state index in [1.165, 1.54) is 0 Å². The summed E-state index contributed by atoms with van der Waals surface area (Å²) in [5, 5.41) is 0. The van der Waals surface area contributed by atoms with E-state index in [0.717, 1.165) is 21.5 Å². The minimum Gasteiger partial charge on any atom is -0.447 e. The number of rotatable bonds is 3. The third-order valence-corrected chi connectivity index (χ3v) is 4.05. The SMILES string of the molecule is CN(c1ccc(Br)cc1)c1ccc(N2CCOC2=O)cc1. The molecule has 0 radical (unpaired) electrons. The van der Waals surface area contributed by atoms with E-state index in [4.69, 9.17) is 4.74 Å². The molecule has 0 saturated carbocycles. The van der Waals surface area contributed by atoms with Gasteiger partial charge in [-0.2, -0.15) is 0 Å². The molecule has 0 bridgehead atoms. The maximum absolute atomic E-state index is 11.5. The lowest BCUT2D eigenvalue weighted by atomic mass is 10.2. The molecule has 21 heavy (non-hydrogen) atoms. The molecule has 1 aliphatic rings. The highest BCUT2D eigenvalue weighted by molar-refractivity contribution is 9.10. The Bertz CT molecular complexity index is 640. The Labute approximate surface area is 132 Å². The molecule has 2 aromatic carbocycles. The number of carbonyl (C=O) groups is 1. The van der Waals surface area contributed by atoms with Gasteiger partial charge in [0.05, 0.1) is 6.54 Å². The molecule has 0 aliphatic carbocycles. The number of carbonyl (C=O) groups excluding carboxylic acids is 1. The smallest absolute Gasteiger partial charge is 0.414 e. The predicted molar refractivity (Wildman–Crippen MR) is 87.3 cm³/mol. The van der Waals surface area contributed by atoms with Crippen LogP contribution in [0, 0.1) is 0 Å². The van der Waals surface area contributed by atoms with E-state index in [1.54, 1.807) is 4.90 Å². The van der Waals surface area contributed by atoms with Crippen molar-refractivity contribution < 1.29 is 9.53 Å². The van der Waals surface area contributed by atoms with Crippen LogP contribution < -0.4 is 9.80 Å². The van der Waals surface area contributed by atoms with Gasteiger partial charge in [0.2, 0.25) is 0 Å². The van der Waals surface area contributed by atoms with Crippen molar-refractivity contribution >= 4 is 39.1 Å². The second kappa shape index (κ2) is 5.77. The van der Waals surface area contributed by atoms with E-state index in [0.29, 0.717) is 13.2 Å². The van der Waals surface area contributed by atoms with Crippen LogP contribution in [0.5, 0.6) is 0 Å². The van der Waals surface area contributed by atoms with Gasteiger partial charge in [0.25, 0.3) is 0 Å². The maximum atomic E-state index is 11.5. The van der Waals surface area contributed by atoms with Gasteiger partial charge >= 0.3 is 6.09 Å². The van der Waals surface area contributed by atoms with Crippen LogP contribution in [0.3, 0.4) is 0 Å². The Morgan fingerprint density at radius 3 is 2.14 bits per heavy atom. The number of anilines is 3. The van der Waals surface area contributed by atoms with E-state index >= 15 is 0 Å². The van der Waals surface area contributed by atoms with Crippen molar-refractivity contribution in [1.29, 1.82) is 0 Å². The first-order valence-electron chi connectivity index (χ1n) is 6.69. The van der Waals surface area contributed by atoms with Gasteiger partial charge in [-0.3, -0.25) is 4.90 Å². The monoisotopic (exact) mass is 346 g/mol. The number of hydrogen-bond acceptors (Lipinski definition) is 3. The summed E-state index contributed by atoms with van der Waals surface area (Å²) in [7, 11) is 2.02. The van der Waals surface area contributed by atoms with Gasteiger partial charge in [-0.15, -0.1) is 0 Å². The Balaban J connectivity index is 1.80. The summed E-state index contributed by atoms with van der Waals surface area (Å²) in [5.74, 6) is 0. The molecule has 0 aromatic heterocycles. The lowest BCUT2D eigenvalue weighted by molar-refractivity contribution is 0.181. The standard InChI is InChI=1S/C16H15BrN2O2/c1-18(13-4-2-12(17)3-5-13)14-6-8-15(9-7-14)19-10-11-21-16(19)20/h2-9H,10-11H2,1H3. The Morgan fingerprint density at radius 2 is 1.62 bits per heavy atom. The molecule has 0 atom stereocenters. The summed E-state index contributed by atoms with van der Waals surface area (Å²) >= 11 is 3.44. The molecule has 108 valence electrons. The first-order chi connectivity index (χ1) is 10.1. The Hall–Kier alpha value is -2.01. The van der Waals surface area contributed by atoms with Gasteiger partial charge in [0.15, 0.2) is 0 Å². The molecule has 1 saturated heterocycles. The van der Waals surface area contributed by atoms with E-state index in [2.05, 4.69) is 33.0 Å². The molecule has 5 heteroatoms. The van der Waals surface area contributed by atoms with Crippen LogP contribution in [-0.4, -0.2) is 26.3 Å². The van der Waals surface area contributed by atoms with Gasteiger partial charge in [0, 0.05) is 28.6 Å². The summed E-state index contributed by atoms with van der Waals surface area (Å²) in [5.41, 5.74) is 3.03. The number of cyclic esters (lactones) is 1. The van der Waals surface area contributed by atoms with Crippen molar-refractivity contribution in [2.75, 3.05) is 30.0 Å². The topological polar surface area (TPSA) is 32.8 Å². The Morgan fingerprint density at radius 1 is 1.05 bits per heavy atom. The number of ether oxygens (including phenoxy) is 1. The summed E-state index contributed by atoms with van der Waals surface area (Å²) in [6.45, 7) is 1.07. The lowest BCUT2D eigenvalue weighted by Gasteiger charge is -2.21. The highest BCUT2D eigenvalue weighted by Crippen LogP contribution is 2.27. The summed E-state index contributed by atoms with van der Waals surface area (Å²) < 4.78 is 6.01. The number of halogens is 1. The average Bonchev–Trinajstić information content (AvgIpc) is 2.94. The van der Waals surface area contributed by atoms with E-state index < -0.39 is 0 Å². The minimum atomic E-state index is -0.274. The number of nitrogens with zero attached hydrogens (tertiary/aromatic N) is 2. The molecular weight excluding hydrogens is 332 g/mol.